The number of rotatable bonds is 3. The lowest BCUT2D eigenvalue weighted by molar-refractivity contribution is -0.120. The second-order valence-corrected chi connectivity index (χ2v) is 5.29. The third kappa shape index (κ3) is 4.37. The maximum absolute atomic E-state index is 12.1. The van der Waals surface area contributed by atoms with Gasteiger partial charge in [0.15, 0.2) is 0 Å². The fourth-order valence-electron chi connectivity index (χ4n) is 2.09. The van der Waals surface area contributed by atoms with Gasteiger partial charge in [-0.1, -0.05) is 15.9 Å². The Balaban J connectivity index is 0.00000180. The van der Waals surface area contributed by atoms with Crippen molar-refractivity contribution in [2.24, 2.45) is 5.92 Å². The van der Waals surface area contributed by atoms with E-state index < -0.39 is 0 Å². The highest BCUT2D eigenvalue weighted by atomic mass is 79.9. The van der Waals surface area contributed by atoms with E-state index in [9.17, 15) is 4.79 Å². The largest absolute Gasteiger partial charge is 0.495 e. The average molecular weight is 350 g/mol. The van der Waals surface area contributed by atoms with E-state index in [1.165, 1.54) is 0 Å². The zero-order valence-corrected chi connectivity index (χ0v) is 13.1. The number of hydrogen-bond donors (Lipinski definition) is 2. The van der Waals surface area contributed by atoms with Crippen LogP contribution in [0, 0.1) is 5.92 Å². The molecular formula is C13H18BrClN2O2. The van der Waals surface area contributed by atoms with E-state index in [2.05, 4.69) is 26.6 Å². The Hall–Kier alpha value is -0.780. The Kier molecular flexibility index (Phi) is 6.62. The van der Waals surface area contributed by atoms with Gasteiger partial charge in [0.05, 0.1) is 18.7 Å². The normalized spacial score (nSPS) is 18.3. The highest BCUT2D eigenvalue weighted by molar-refractivity contribution is 9.10. The minimum atomic E-state index is 0. The van der Waals surface area contributed by atoms with Gasteiger partial charge in [-0.2, -0.15) is 0 Å². The predicted molar refractivity (Wildman–Crippen MR) is 82.2 cm³/mol. The molecule has 2 N–H and O–H groups in total. The van der Waals surface area contributed by atoms with E-state index >= 15 is 0 Å². The number of carbonyl (C=O) groups is 1. The molecule has 0 aliphatic carbocycles. The molecule has 0 spiro atoms. The summed E-state index contributed by atoms with van der Waals surface area (Å²) in [6, 6.07) is 5.57. The molecule has 1 aliphatic rings. The van der Waals surface area contributed by atoms with Gasteiger partial charge in [0.1, 0.15) is 5.75 Å². The molecule has 1 aromatic carbocycles. The molecule has 1 atom stereocenters. The summed E-state index contributed by atoms with van der Waals surface area (Å²) < 4.78 is 6.15. The number of piperidine rings is 1. The van der Waals surface area contributed by atoms with E-state index in [1.54, 1.807) is 7.11 Å². The number of halogens is 2. The van der Waals surface area contributed by atoms with E-state index in [4.69, 9.17) is 4.74 Å². The summed E-state index contributed by atoms with van der Waals surface area (Å²) in [5.74, 6) is 0.774. The molecule has 1 heterocycles. The molecule has 2 rings (SSSR count). The first-order valence-corrected chi connectivity index (χ1v) is 6.85. The number of nitrogens with one attached hydrogen (secondary N) is 2. The van der Waals surface area contributed by atoms with Crippen molar-refractivity contribution in [3.8, 4) is 5.75 Å². The number of carbonyl (C=O) groups excluding carboxylic acids is 1. The second kappa shape index (κ2) is 7.72. The Morgan fingerprint density at radius 3 is 2.95 bits per heavy atom. The Labute approximate surface area is 127 Å². The van der Waals surface area contributed by atoms with Crippen LogP contribution in [0.2, 0.25) is 0 Å². The van der Waals surface area contributed by atoms with Crippen molar-refractivity contribution in [2.45, 2.75) is 12.8 Å². The lowest BCUT2D eigenvalue weighted by Gasteiger charge is -2.22. The van der Waals surface area contributed by atoms with Crippen LogP contribution < -0.4 is 15.4 Å². The molecule has 1 aliphatic heterocycles. The maximum Gasteiger partial charge on any atom is 0.228 e. The van der Waals surface area contributed by atoms with E-state index in [0.29, 0.717) is 11.4 Å². The first-order chi connectivity index (χ1) is 8.70. The van der Waals surface area contributed by atoms with E-state index in [1.807, 2.05) is 18.2 Å². The highest BCUT2D eigenvalue weighted by Crippen LogP contribution is 2.28. The molecule has 0 aromatic heterocycles. The number of anilines is 1. The van der Waals surface area contributed by atoms with Gasteiger partial charge in [0.25, 0.3) is 0 Å². The summed E-state index contributed by atoms with van der Waals surface area (Å²) in [6.45, 7) is 1.76. The standard InChI is InChI=1S/C13H17BrN2O2.ClH/c1-18-12-5-4-10(14)7-11(12)16-13(17)9-3-2-6-15-8-9;/h4-5,7,9,15H,2-3,6,8H2,1H3,(H,16,17);1H. The number of ether oxygens (including phenoxy) is 1. The molecule has 19 heavy (non-hydrogen) atoms. The Bertz CT molecular complexity index is 437. The van der Waals surface area contributed by atoms with E-state index in [0.717, 1.165) is 30.4 Å². The lowest BCUT2D eigenvalue weighted by Crippen LogP contribution is -2.37. The first-order valence-electron chi connectivity index (χ1n) is 6.06. The summed E-state index contributed by atoms with van der Waals surface area (Å²) in [5, 5.41) is 6.18. The van der Waals surface area contributed by atoms with Crippen LogP contribution in [0.3, 0.4) is 0 Å². The van der Waals surface area contributed by atoms with Crippen LogP contribution in [0.1, 0.15) is 12.8 Å². The van der Waals surface area contributed by atoms with Crippen LogP contribution in [-0.4, -0.2) is 26.1 Å². The van der Waals surface area contributed by atoms with Gasteiger partial charge in [-0.05, 0) is 37.6 Å². The van der Waals surface area contributed by atoms with Gasteiger partial charge in [-0.25, -0.2) is 0 Å². The molecule has 1 amide bonds. The van der Waals surface area contributed by atoms with Crippen molar-refractivity contribution in [3.05, 3.63) is 22.7 Å². The highest BCUT2D eigenvalue weighted by Gasteiger charge is 2.21. The van der Waals surface area contributed by atoms with Crippen LogP contribution in [0.5, 0.6) is 5.75 Å². The summed E-state index contributed by atoms with van der Waals surface area (Å²) in [7, 11) is 1.60. The summed E-state index contributed by atoms with van der Waals surface area (Å²) in [4.78, 5) is 12.1. The molecule has 1 saturated heterocycles. The minimum absolute atomic E-state index is 0. The number of hydrogen-bond acceptors (Lipinski definition) is 3. The maximum atomic E-state index is 12.1. The summed E-state index contributed by atoms with van der Waals surface area (Å²) in [5.41, 5.74) is 0.711. The number of methoxy groups -OCH3 is 1. The quantitative estimate of drug-likeness (QED) is 0.882. The number of amides is 1. The third-order valence-corrected chi connectivity index (χ3v) is 3.58. The van der Waals surface area contributed by atoms with Crippen LogP contribution >= 0.6 is 28.3 Å². The molecule has 0 saturated carbocycles. The average Bonchev–Trinajstić information content (AvgIpc) is 2.40. The third-order valence-electron chi connectivity index (χ3n) is 3.09. The second-order valence-electron chi connectivity index (χ2n) is 4.38. The first kappa shape index (κ1) is 16.3. The van der Waals surface area contributed by atoms with Crippen molar-refractivity contribution in [2.75, 3.05) is 25.5 Å². The van der Waals surface area contributed by atoms with Crippen LogP contribution in [0.4, 0.5) is 5.69 Å². The smallest absolute Gasteiger partial charge is 0.228 e. The van der Waals surface area contributed by atoms with Gasteiger partial charge in [0, 0.05) is 11.0 Å². The molecule has 6 heteroatoms. The predicted octanol–water partition coefficient (Wildman–Crippen LogP) is 2.82. The van der Waals surface area contributed by atoms with Crippen molar-refractivity contribution >= 4 is 39.9 Å². The van der Waals surface area contributed by atoms with Crippen LogP contribution in [0.15, 0.2) is 22.7 Å². The molecule has 4 nitrogen and oxygen atoms in total. The van der Waals surface area contributed by atoms with Gasteiger partial charge in [0.2, 0.25) is 5.91 Å². The van der Waals surface area contributed by atoms with Crippen molar-refractivity contribution in [3.63, 3.8) is 0 Å². The molecule has 106 valence electrons. The SMILES string of the molecule is COc1ccc(Br)cc1NC(=O)C1CCCNC1.Cl. The zero-order chi connectivity index (χ0) is 13.0. The fourth-order valence-corrected chi connectivity index (χ4v) is 2.45. The molecule has 1 fully saturated rings. The van der Waals surface area contributed by atoms with Crippen molar-refractivity contribution in [1.29, 1.82) is 0 Å². The summed E-state index contributed by atoms with van der Waals surface area (Å²) in [6.07, 6.45) is 1.99. The van der Waals surface area contributed by atoms with E-state index in [-0.39, 0.29) is 24.2 Å². The van der Waals surface area contributed by atoms with Gasteiger partial charge < -0.3 is 15.4 Å². The Morgan fingerprint density at radius 1 is 1.53 bits per heavy atom. The molecule has 0 radical (unpaired) electrons. The fraction of sp³-hybridized carbons (Fsp3) is 0.462. The van der Waals surface area contributed by atoms with Gasteiger partial charge >= 0.3 is 0 Å². The van der Waals surface area contributed by atoms with Crippen LogP contribution in [-0.2, 0) is 4.79 Å². The summed E-state index contributed by atoms with van der Waals surface area (Å²) >= 11 is 3.39. The topological polar surface area (TPSA) is 50.4 Å². The molecule has 0 bridgehead atoms. The molecule has 1 aromatic rings. The van der Waals surface area contributed by atoms with Gasteiger partial charge in [-0.15, -0.1) is 12.4 Å². The molecular weight excluding hydrogens is 332 g/mol. The van der Waals surface area contributed by atoms with Crippen molar-refractivity contribution < 1.29 is 9.53 Å². The number of benzene rings is 1. The lowest BCUT2D eigenvalue weighted by atomic mass is 9.99. The van der Waals surface area contributed by atoms with Crippen molar-refractivity contribution in [1.82, 2.24) is 5.32 Å². The Morgan fingerprint density at radius 2 is 2.32 bits per heavy atom. The van der Waals surface area contributed by atoms with Gasteiger partial charge in [-0.3, -0.25) is 4.79 Å². The monoisotopic (exact) mass is 348 g/mol. The zero-order valence-electron chi connectivity index (χ0n) is 10.7. The molecule has 1 unspecified atom stereocenters. The minimum Gasteiger partial charge on any atom is -0.495 e. The van der Waals surface area contributed by atoms with Crippen LogP contribution in [0.25, 0.3) is 0 Å².